The first-order chi connectivity index (χ1) is 27.8. The minimum absolute atomic E-state index is 0.851. The molecule has 10 aromatic rings. The number of hydrogen-bond acceptors (Lipinski definition) is 2. The first kappa shape index (κ1) is 33.2. The molecular formula is C54H37NO. The molecule has 0 unspecified atom stereocenters. The topological polar surface area (TPSA) is 16.4 Å². The summed E-state index contributed by atoms with van der Waals surface area (Å²) in [5.74, 6) is 0. The van der Waals surface area contributed by atoms with Crippen molar-refractivity contribution >= 4 is 39.0 Å². The Bertz CT molecular complexity index is 2950. The highest BCUT2D eigenvalue weighted by molar-refractivity contribution is 6.15. The van der Waals surface area contributed by atoms with E-state index >= 15 is 0 Å². The second-order valence-corrected chi connectivity index (χ2v) is 14.0. The summed E-state index contributed by atoms with van der Waals surface area (Å²) >= 11 is 0. The SMILES string of the molecule is c1ccc(-c2ccc(-c3ccccc3N(c3cccc(-c4ccccc4)c3-c3ccccc3-c3ccccc3)c3cccc4oc5ccccc5c34)cc2)cc1. The minimum Gasteiger partial charge on any atom is -0.456 e. The van der Waals surface area contributed by atoms with E-state index in [2.05, 4.69) is 223 Å². The van der Waals surface area contributed by atoms with Crippen LogP contribution in [0.4, 0.5) is 17.1 Å². The zero-order valence-corrected chi connectivity index (χ0v) is 30.7. The van der Waals surface area contributed by atoms with Crippen LogP contribution in [-0.2, 0) is 0 Å². The summed E-state index contributed by atoms with van der Waals surface area (Å²) in [6.07, 6.45) is 0. The molecule has 0 bridgehead atoms. The molecule has 1 aromatic heterocycles. The van der Waals surface area contributed by atoms with Gasteiger partial charge in [-0.3, -0.25) is 0 Å². The first-order valence-corrected chi connectivity index (χ1v) is 19.1. The number of para-hydroxylation sites is 2. The van der Waals surface area contributed by atoms with Crippen LogP contribution in [0.3, 0.4) is 0 Å². The fourth-order valence-electron chi connectivity index (χ4n) is 8.16. The molecule has 10 rings (SSSR count). The zero-order valence-electron chi connectivity index (χ0n) is 30.7. The van der Waals surface area contributed by atoms with Crippen molar-refractivity contribution < 1.29 is 4.42 Å². The fraction of sp³-hybridized carbons (Fsp3) is 0. The predicted octanol–water partition coefficient (Wildman–Crippen LogP) is 15.4. The highest BCUT2D eigenvalue weighted by atomic mass is 16.3. The van der Waals surface area contributed by atoms with E-state index in [1.807, 2.05) is 6.07 Å². The summed E-state index contributed by atoms with van der Waals surface area (Å²) in [6.45, 7) is 0. The lowest BCUT2D eigenvalue weighted by atomic mass is 9.87. The van der Waals surface area contributed by atoms with Crippen molar-refractivity contribution in [1.29, 1.82) is 0 Å². The molecule has 56 heavy (non-hydrogen) atoms. The van der Waals surface area contributed by atoms with E-state index in [0.717, 1.165) is 72.4 Å². The molecule has 0 amide bonds. The van der Waals surface area contributed by atoms with Gasteiger partial charge in [0.2, 0.25) is 0 Å². The van der Waals surface area contributed by atoms with Crippen LogP contribution in [0, 0.1) is 0 Å². The zero-order chi connectivity index (χ0) is 37.3. The van der Waals surface area contributed by atoms with Gasteiger partial charge in [0.05, 0.1) is 22.4 Å². The summed E-state index contributed by atoms with van der Waals surface area (Å²) in [5.41, 5.74) is 16.5. The maximum Gasteiger partial charge on any atom is 0.137 e. The summed E-state index contributed by atoms with van der Waals surface area (Å²) in [7, 11) is 0. The number of benzene rings is 9. The van der Waals surface area contributed by atoms with Crippen molar-refractivity contribution in [2.24, 2.45) is 0 Å². The van der Waals surface area contributed by atoms with Crippen molar-refractivity contribution in [3.8, 4) is 55.6 Å². The molecule has 2 heteroatoms. The Morgan fingerprint density at radius 2 is 0.714 bits per heavy atom. The maximum atomic E-state index is 6.54. The Hall–Kier alpha value is -7.42. The predicted molar refractivity (Wildman–Crippen MR) is 236 cm³/mol. The van der Waals surface area contributed by atoms with Gasteiger partial charge in [-0.25, -0.2) is 0 Å². The van der Waals surface area contributed by atoms with Crippen LogP contribution in [0.25, 0.3) is 77.6 Å². The van der Waals surface area contributed by atoms with Gasteiger partial charge in [0.15, 0.2) is 0 Å². The third-order valence-electron chi connectivity index (χ3n) is 10.7. The van der Waals surface area contributed by atoms with Crippen LogP contribution in [0.1, 0.15) is 0 Å². The van der Waals surface area contributed by atoms with E-state index in [0.29, 0.717) is 0 Å². The molecule has 0 atom stereocenters. The summed E-state index contributed by atoms with van der Waals surface area (Å²) < 4.78 is 6.54. The summed E-state index contributed by atoms with van der Waals surface area (Å²) in [6, 6.07) is 80.1. The van der Waals surface area contributed by atoms with E-state index < -0.39 is 0 Å². The van der Waals surface area contributed by atoms with Crippen LogP contribution in [-0.4, -0.2) is 0 Å². The fourth-order valence-corrected chi connectivity index (χ4v) is 8.16. The maximum absolute atomic E-state index is 6.54. The Balaban J connectivity index is 1.29. The van der Waals surface area contributed by atoms with Crippen molar-refractivity contribution in [2.75, 3.05) is 4.90 Å². The molecule has 1 heterocycles. The van der Waals surface area contributed by atoms with Gasteiger partial charge in [0.25, 0.3) is 0 Å². The minimum atomic E-state index is 0.851. The standard InChI is InChI=1S/C54H37NO/c1-4-18-38(19-5-1)39-34-36-42(37-35-39)44-25-12-14-29-48(44)55(50-31-17-33-52-54(50)47-27-13-15-32-51(47)56-52)49-30-16-28-45(41-22-8-3-9-23-41)53(49)46-26-11-10-24-43(46)40-20-6-2-7-21-40/h1-37H. The smallest absolute Gasteiger partial charge is 0.137 e. The lowest BCUT2D eigenvalue weighted by Gasteiger charge is -2.32. The Labute approximate surface area is 327 Å². The third kappa shape index (κ3) is 5.95. The van der Waals surface area contributed by atoms with Crippen LogP contribution < -0.4 is 4.90 Å². The molecule has 0 aliphatic heterocycles. The molecule has 0 saturated heterocycles. The molecular weight excluding hydrogens is 679 g/mol. The van der Waals surface area contributed by atoms with Gasteiger partial charge >= 0.3 is 0 Å². The number of hydrogen-bond donors (Lipinski definition) is 0. The first-order valence-electron chi connectivity index (χ1n) is 19.1. The highest BCUT2D eigenvalue weighted by Gasteiger charge is 2.26. The molecule has 0 aliphatic carbocycles. The lowest BCUT2D eigenvalue weighted by Crippen LogP contribution is -2.13. The largest absolute Gasteiger partial charge is 0.456 e. The van der Waals surface area contributed by atoms with Crippen LogP contribution in [0.2, 0.25) is 0 Å². The van der Waals surface area contributed by atoms with Gasteiger partial charge in [0, 0.05) is 16.5 Å². The molecule has 0 spiro atoms. The van der Waals surface area contributed by atoms with Crippen LogP contribution in [0.15, 0.2) is 229 Å². The van der Waals surface area contributed by atoms with Crippen LogP contribution in [0.5, 0.6) is 0 Å². The van der Waals surface area contributed by atoms with E-state index in [1.54, 1.807) is 0 Å². The molecule has 9 aromatic carbocycles. The van der Waals surface area contributed by atoms with E-state index in [9.17, 15) is 0 Å². The normalized spacial score (nSPS) is 11.2. The van der Waals surface area contributed by atoms with E-state index in [1.165, 1.54) is 22.3 Å². The second-order valence-electron chi connectivity index (χ2n) is 14.0. The van der Waals surface area contributed by atoms with Crippen molar-refractivity contribution in [3.63, 3.8) is 0 Å². The molecule has 264 valence electrons. The molecule has 2 nitrogen and oxygen atoms in total. The number of fused-ring (bicyclic) bond motifs is 3. The van der Waals surface area contributed by atoms with Gasteiger partial charge < -0.3 is 9.32 Å². The molecule has 0 N–H and O–H groups in total. The third-order valence-corrected chi connectivity index (χ3v) is 10.7. The van der Waals surface area contributed by atoms with Crippen molar-refractivity contribution in [2.45, 2.75) is 0 Å². The Morgan fingerprint density at radius 3 is 1.45 bits per heavy atom. The van der Waals surface area contributed by atoms with Crippen molar-refractivity contribution in [1.82, 2.24) is 0 Å². The van der Waals surface area contributed by atoms with Crippen molar-refractivity contribution in [3.05, 3.63) is 224 Å². The average molecular weight is 716 g/mol. The lowest BCUT2D eigenvalue weighted by molar-refractivity contribution is 0.669. The number of furan rings is 1. The molecule has 0 aliphatic rings. The molecule has 0 radical (unpaired) electrons. The number of rotatable bonds is 8. The quantitative estimate of drug-likeness (QED) is 0.156. The van der Waals surface area contributed by atoms with Gasteiger partial charge in [0.1, 0.15) is 11.2 Å². The van der Waals surface area contributed by atoms with Gasteiger partial charge in [-0.1, -0.05) is 194 Å². The number of anilines is 3. The van der Waals surface area contributed by atoms with Crippen LogP contribution >= 0.6 is 0 Å². The second kappa shape index (κ2) is 14.4. The average Bonchev–Trinajstić information content (AvgIpc) is 3.67. The summed E-state index contributed by atoms with van der Waals surface area (Å²) in [5, 5.41) is 2.16. The highest BCUT2D eigenvalue weighted by Crippen LogP contribution is 2.51. The molecule has 0 saturated carbocycles. The Morgan fingerprint density at radius 1 is 0.268 bits per heavy atom. The number of nitrogens with zero attached hydrogens (tertiary/aromatic N) is 1. The van der Waals surface area contributed by atoms with E-state index in [-0.39, 0.29) is 0 Å². The Kier molecular flexibility index (Phi) is 8.55. The monoisotopic (exact) mass is 715 g/mol. The van der Waals surface area contributed by atoms with Gasteiger partial charge in [-0.05, 0) is 74.8 Å². The summed E-state index contributed by atoms with van der Waals surface area (Å²) in [4.78, 5) is 2.47. The van der Waals surface area contributed by atoms with Gasteiger partial charge in [-0.2, -0.15) is 0 Å². The van der Waals surface area contributed by atoms with Gasteiger partial charge in [-0.15, -0.1) is 0 Å². The van der Waals surface area contributed by atoms with E-state index in [4.69, 9.17) is 4.42 Å². The molecule has 0 fully saturated rings.